The predicted octanol–water partition coefficient (Wildman–Crippen LogP) is 6.51. The molecule has 7 rings (SSSR count). The van der Waals surface area contributed by atoms with E-state index in [9.17, 15) is 9.59 Å². The number of nitrogens with zero attached hydrogens (tertiary/aromatic N) is 2. The predicted molar refractivity (Wildman–Crippen MR) is 180 cm³/mol. The number of nitrogens with one attached hydrogen (secondary N) is 2. The molecule has 4 heterocycles. The van der Waals surface area contributed by atoms with Gasteiger partial charge >= 0.3 is 13.2 Å². The summed E-state index contributed by atoms with van der Waals surface area (Å²) in [6.07, 6.45) is 6.71. The molecule has 11 heteroatoms. The van der Waals surface area contributed by atoms with Crippen molar-refractivity contribution in [1.82, 2.24) is 20.2 Å². The molecule has 3 fully saturated rings. The zero-order valence-corrected chi connectivity index (χ0v) is 28.8. The molecule has 2 bridgehead atoms. The van der Waals surface area contributed by atoms with Gasteiger partial charge in [0.1, 0.15) is 11.9 Å². The van der Waals surface area contributed by atoms with Crippen molar-refractivity contribution in [1.29, 1.82) is 0 Å². The van der Waals surface area contributed by atoms with Crippen molar-refractivity contribution in [3.63, 3.8) is 0 Å². The van der Waals surface area contributed by atoms with Gasteiger partial charge in [0.25, 0.3) is 0 Å². The molecule has 2 saturated heterocycles. The normalized spacial score (nSPS) is 24.9. The molecule has 46 heavy (non-hydrogen) atoms. The van der Waals surface area contributed by atoms with Crippen molar-refractivity contribution in [2.45, 2.75) is 109 Å². The third-order valence-corrected chi connectivity index (χ3v) is 12.3. The first-order chi connectivity index (χ1) is 21.9. The van der Waals surface area contributed by atoms with Crippen LogP contribution in [0.4, 0.5) is 4.79 Å². The Morgan fingerprint density at radius 3 is 2.35 bits per heavy atom. The summed E-state index contributed by atoms with van der Waals surface area (Å²) in [6.45, 7) is 13.0. The monoisotopic (exact) mass is 644 g/mol. The maximum Gasteiger partial charge on any atom is 0.505 e. The third kappa shape index (κ3) is 5.19. The van der Waals surface area contributed by atoms with Crippen molar-refractivity contribution in [3.05, 3.63) is 47.4 Å². The van der Waals surface area contributed by atoms with Gasteiger partial charge in [0.05, 0.1) is 36.2 Å². The average molecular weight is 645 g/mol. The Balaban J connectivity index is 1.13. The lowest BCUT2D eigenvalue weighted by atomic mass is 9.79. The van der Waals surface area contributed by atoms with Crippen molar-refractivity contribution in [2.75, 3.05) is 13.7 Å². The van der Waals surface area contributed by atoms with Crippen LogP contribution >= 0.6 is 11.3 Å². The number of carbonyl (C=O) groups excluding carboxylic acids is 2. The number of imidazole rings is 1. The number of aromatic nitrogens is 2. The number of H-pyrrole nitrogens is 1. The molecular formula is C35H45BN4O5S. The molecule has 2 unspecified atom stereocenters. The third-order valence-electron chi connectivity index (χ3n) is 11.0. The number of ether oxygens (including phenoxy) is 1. The Morgan fingerprint density at radius 2 is 1.70 bits per heavy atom. The van der Waals surface area contributed by atoms with E-state index in [1.807, 2.05) is 36.3 Å². The topological polar surface area (TPSA) is 106 Å². The molecule has 1 saturated carbocycles. The first-order valence-electron chi connectivity index (χ1n) is 16.7. The van der Waals surface area contributed by atoms with Gasteiger partial charge in [-0.2, -0.15) is 0 Å². The lowest BCUT2D eigenvalue weighted by molar-refractivity contribution is -0.135. The van der Waals surface area contributed by atoms with Crippen LogP contribution in [-0.2, 0) is 18.8 Å². The number of rotatable bonds is 7. The second-order valence-electron chi connectivity index (χ2n) is 14.7. The Bertz CT molecular complexity index is 1630. The summed E-state index contributed by atoms with van der Waals surface area (Å²) in [5.74, 6) is 1.81. The maximum atomic E-state index is 13.5. The van der Waals surface area contributed by atoms with E-state index in [4.69, 9.17) is 19.0 Å². The molecule has 2 aliphatic heterocycles. The van der Waals surface area contributed by atoms with Crippen LogP contribution in [0.3, 0.4) is 0 Å². The summed E-state index contributed by atoms with van der Waals surface area (Å²) in [6, 6.07) is 7.94. The minimum absolute atomic E-state index is 0.0775. The fraction of sp³-hybridized carbons (Fsp3) is 0.571. The van der Waals surface area contributed by atoms with Gasteiger partial charge in [-0.05, 0) is 99.8 Å². The molecule has 4 aliphatic rings. The number of methoxy groups -OCH3 is 1. The van der Waals surface area contributed by atoms with Gasteiger partial charge in [-0.1, -0.05) is 38.1 Å². The standard InChI is InChI=1S/C35H45BN4O5S/c1-19(2)28(39-33(42)43-7)32(41)40-16-8-9-25(40)31-37-18-24(38-31)20-10-12-21(13-11-20)29-26-22-14-15-23(17-22)27(26)30(46-29)36-44-34(3,4)35(5,6)45-36/h10-13,18-19,22-23,25,28H,8-9,14-17H2,1-7H3,(H,37,38)(H,39,42)/t22?,23?,25-,28-/m0/s1. The summed E-state index contributed by atoms with van der Waals surface area (Å²) in [4.78, 5) is 36.9. The average Bonchev–Trinajstić information content (AvgIpc) is 3.86. The van der Waals surface area contributed by atoms with Gasteiger partial charge in [0, 0.05) is 16.2 Å². The largest absolute Gasteiger partial charge is 0.505 e. The van der Waals surface area contributed by atoms with Gasteiger partial charge < -0.3 is 29.2 Å². The van der Waals surface area contributed by atoms with Crippen LogP contribution in [-0.4, -0.2) is 64.9 Å². The quantitative estimate of drug-likeness (QED) is 0.284. The minimum Gasteiger partial charge on any atom is -0.453 e. The number of aromatic amines is 1. The second-order valence-corrected chi connectivity index (χ2v) is 15.8. The van der Waals surface area contributed by atoms with Crippen LogP contribution in [0.25, 0.3) is 21.7 Å². The molecular weight excluding hydrogens is 599 g/mol. The molecule has 244 valence electrons. The van der Waals surface area contributed by atoms with Crippen LogP contribution in [0.1, 0.15) is 108 Å². The Labute approximate surface area is 275 Å². The van der Waals surface area contributed by atoms with E-state index in [2.05, 4.69) is 62.3 Å². The highest BCUT2D eigenvalue weighted by molar-refractivity contribution is 7.25. The van der Waals surface area contributed by atoms with Crippen molar-refractivity contribution >= 4 is 35.2 Å². The van der Waals surface area contributed by atoms with E-state index >= 15 is 0 Å². The SMILES string of the molecule is COC(=O)N[C@H](C(=O)N1CCC[C@H]1c1ncc(-c2ccc(-c3sc(B4OC(C)(C)C(C)(C)O4)c4c3C3CCC4C3)cc2)[nH]1)C(C)C. The molecule has 9 nitrogen and oxygen atoms in total. The smallest absolute Gasteiger partial charge is 0.453 e. The minimum atomic E-state index is -0.658. The van der Waals surface area contributed by atoms with Crippen LogP contribution in [0, 0.1) is 5.92 Å². The molecule has 2 aromatic heterocycles. The number of amides is 2. The van der Waals surface area contributed by atoms with E-state index in [1.54, 1.807) is 0 Å². The summed E-state index contributed by atoms with van der Waals surface area (Å²) in [7, 11) is 0.982. The van der Waals surface area contributed by atoms with Crippen LogP contribution in [0.2, 0.25) is 0 Å². The second kappa shape index (κ2) is 11.5. The van der Waals surface area contributed by atoms with Crippen LogP contribution in [0.15, 0.2) is 30.5 Å². The van der Waals surface area contributed by atoms with Gasteiger partial charge in [0.2, 0.25) is 5.91 Å². The zero-order valence-electron chi connectivity index (χ0n) is 27.9. The van der Waals surface area contributed by atoms with Gasteiger partial charge in [-0.15, -0.1) is 11.3 Å². The number of thiophene rings is 1. The Kier molecular flexibility index (Phi) is 7.88. The zero-order chi connectivity index (χ0) is 32.5. The number of carbonyl (C=O) groups is 2. The fourth-order valence-electron chi connectivity index (χ4n) is 7.79. The van der Waals surface area contributed by atoms with Gasteiger partial charge in [0.15, 0.2) is 0 Å². The summed E-state index contributed by atoms with van der Waals surface area (Å²) >= 11 is 1.85. The fourth-order valence-corrected chi connectivity index (χ4v) is 9.23. The summed E-state index contributed by atoms with van der Waals surface area (Å²) < 4.78 is 19.1. The number of benzene rings is 1. The molecule has 2 amide bonds. The maximum absolute atomic E-state index is 13.5. The van der Waals surface area contributed by atoms with Gasteiger partial charge in [-0.25, -0.2) is 9.78 Å². The van der Waals surface area contributed by atoms with E-state index in [-0.39, 0.29) is 36.2 Å². The van der Waals surface area contributed by atoms with Crippen LogP contribution < -0.4 is 10.1 Å². The number of hydrogen-bond donors (Lipinski definition) is 2. The molecule has 3 aromatic rings. The molecule has 0 radical (unpaired) electrons. The highest BCUT2D eigenvalue weighted by Crippen LogP contribution is 2.57. The Hall–Kier alpha value is -3.15. The summed E-state index contributed by atoms with van der Waals surface area (Å²) in [5, 5.41) is 2.72. The van der Waals surface area contributed by atoms with E-state index < -0.39 is 12.1 Å². The first kappa shape index (κ1) is 31.5. The first-order valence-corrected chi connectivity index (χ1v) is 17.5. The highest BCUT2D eigenvalue weighted by Gasteiger charge is 2.55. The van der Waals surface area contributed by atoms with E-state index in [0.29, 0.717) is 18.4 Å². The summed E-state index contributed by atoms with van der Waals surface area (Å²) in [5.41, 5.74) is 5.48. The molecule has 2 aliphatic carbocycles. The number of likely N-dealkylation sites (tertiary alicyclic amines) is 1. The number of fused-ring (bicyclic) bond motifs is 5. The molecule has 1 aromatic carbocycles. The lowest BCUT2D eigenvalue weighted by Gasteiger charge is -2.32. The van der Waals surface area contributed by atoms with E-state index in [0.717, 1.165) is 29.9 Å². The highest BCUT2D eigenvalue weighted by atomic mass is 32.1. The lowest BCUT2D eigenvalue weighted by Crippen LogP contribution is -2.51. The number of hydrogen-bond acceptors (Lipinski definition) is 7. The van der Waals surface area contributed by atoms with Crippen molar-refractivity contribution < 1.29 is 23.6 Å². The molecule has 4 atom stereocenters. The molecule has 2 N–H and O–H groups in total. The van der Waals surface area contributed by atoms with Crippen LogP contribution in [0.5, 0.6) is 0 Å². The number of alkyl carbamates (subject to hydrolysis) is 1. The van der Waals surface area contributed by atoms with Crippen molar-refractivity contribution in [2.24, 2.45) is 5.92 Å². The Morgan fingerprint density at radius 1 is 1.04 bits per heavy atom. The molecule has 0 spiro atoms. The van der Waals surface area contributed by atoms with Crippen molar-refractivity contribution in [3.8, 4) is 21.7 Å². The van der Waals surface area contributed by atoms with Gasteiger partial charge in [-0.3, -0.25) is 4.79 Å². The van der Waals surface area contributed by atoms with E-state index in [1.165, 1.54) is 52.7 Å².